The highest BCUT2D eigenvalue weighted by atomic mass is 16.1. The van der Waals surface area contributed by atoms with E-state index in [1.807, 2.05) is 42.5 Å². The third-order valence-corrected chi connectivity index (χ3v) is 4.86. The molecule has 2 heteroatoms. The molecule has 0 N–H and O–H groups in total. The lowest BCUT2D eigenvalue weighted by Gasteiger charge is -2.14. The van der Waals surface area contributed by atoms with Gasteiger partial charge in [0.25, 0.3) is 0 Å². The molecule has 0 fully saturated rings. The minimum Gasteiger partial charge on any atom is -0.295 e. The average molecular weight is 375 g/mol. The molecule has 0 aliphatic heterocycles. The van der Waals surface area contributed by atoms with Crippen molar-refractivity contribution >= 4 is 11.6 Å². The van der Waals surface area contributed by atoms with Gasteiger partial charge in [-0.25, -0.2) is 0 Å². The van der Waals surface area contributed by atoms with Crippen molar-refractivity contribution in [3.8, 4) is 11.1 Å². The van der Waals surface area contributed by atoms with Crippen molar-refractivity contribution < 1.29 is 9.59 Å². The van der Waals surface area contributed by atoms with Crippen LogP contribution in [0.4, 0.5) is 0 Å². The van der Waals surface area contributed by atoms with Crippen LogP contribution in [0.3, 0.4) is 0 Å². The van der Waals surface area contributed by atoms with E-state index in [1.165, 1.54) is 11.1 Å². The van der Waals surface area contributed by atoms with E-state index in [0.717, 1.165) is 29.5 Å². The number of hydrogen-bond acceptors (Lipinski definition) is 2. The topological polar surface area (TPSA) is 34.1 Å². The van der Waals surface area contributed by atoms with Gasteiger partial charge in [0.2, 0.25) is 0 Å². The van der Waals surface area contributed by atoms with E-state index in [1.54, 1.807) is 13.8 Å². The van der Waals surface area contributed by atoms with E-state index < -0.39 is 0 Å². The monoisotopic (exact) mass is 374 g/mol. The molecule has 0 spiro atoms. The van der Waals surface area contributed by atoms with Gasteiger partial charge >= 0.3 is 0 Å². The van der Waals surface area contributed by atoms with Gasteiger partial charge in [0.1, 0.15) is 0 Å². The van der Waals surface area contributed by atoms with Crippen LogP contribution < -0.4 is 0 Å². The molecule has 2 aromatic carbocycles. The summed E-state index contributed by atoms with van der Waals surface area (Å²) in [6, 6.07) is 13.7. The lowest BCUT2D eigenvalue weighted by molar-refractivity contribution is 0.101. The number of Topliss-reactive ketones (excluding diaryl/α,β-unsaturated/α-hetero) is 2. The normalized spacial score (nSPS) is 11.2. The molecule has 0 heterocycles. The summed E-state index contributed by atoms with van der Waals surface area (Å²) in [6.07, 6.45) is 6.97. The SMILES string of the molecule is CC(=O)c1cc(-c2ccccc2)cc(C(C)=O)c1C/C=C(\C)CCC=C(C)C. The third kappa shape index (κ3) is 5.88. The first-order valence-corrected chi connectivity index (χ1v) is 9.82. The van der Waals surface area contributed by atoms with Crippen molar-refractivity contribution in [1.29, 1.82) is 0 Å². The van der Waals surface area contributed by atoms with E-state index >= 15 is 0 Å². The first-order chi connectivity index (χ1) is 13.3. The molecule has 28 heavy (non-hydrogen) atoms. The van der Waals surface area contributed by atoms with Crippen molar-refractivity contribution in [3.05, 3.63) is 82.5 Å². The molecular formula is C26H30O2. The third-order valence-electron chi connectivity index (χ3n) is 4.86. The molecule has 2 aromatic rings. The van der Waals surface area contributed by atoms with E-state index in [0.29, 0.717) is 17.5 Å². The van der Waals surface area contributed by atoms with Crippen molar-refractivity contribution in [2.75, 3.05) is 0 Å². The van der Waals surface area contributed by atoms with E-state index in [9.17, 15) is 9.59 Å². The van der Waals surface area contributed by atoms with Gasteiger partial charge in [0.05, 0.1) is 0 Å². The molecule has 0 amide bonds. The second-order valence-corrected chi connectivity index (χ2v) is 7.60. The Morgan fingerprint density at radius 3 is 1.86 bits per heavy atom. The standard InChI is InChI=1S/C26H30O2/c1-18(2)10-9-11-19(3)14-15-24-25(20(4)27)16-23(17-26(24)21(5)28)22-12-7-6-8-13-22/h6-8,10,12-14,16-17H,9,11,15H2,1-5H3/b19-14+. The highest BCUT2D eigenvalue weighted by Crippen LogP contribution is 2.28. The molecule has 146 valence electrons. The van der Waals surface area contributed by atoms with Gasteiger partial charge in [-0.15, -0.1) is 0 Å². The number of allylic oxidation sites excluding steroid dienone is 4. The van der Waals surface area contributed by atoms with Gasteiger partial charge < -0.3 is 0 Å². The highest BCUT2D eigenvalue weighted by Gasteiger charge is 2.17. The van der Waals surface area contributed by atoms with Gasteiger partial charge in [0, 0.05) is 11.1 Å². The first-order valence-electron chi connectivity index (χ1n) is 9.82. The molecule has 0 saturated heterocycles. The predicted molar refractivity (Wildman–Crippen MR) is 118 cm³/mol. The summed E-state index contributed by atoms with van der Waals surface area (Å²) in [6.45, 7) is 9.46. The Hall–Kier alpha value is -2.74. The second kappa shape index (κ2) is 9.98. The lowest BCUT2D eigenvalue weighted by Crippen LogP contribution is -2.08. The summed E-state index contributed by atoms with van der Waals surface area (Å²) in [5.74, 6) is -0.0169. The zero-order valence-electron chi connectivity index (χ0n) is 17.6. The van der Waals surface area contributed by atoms with Crippen molar-refractivity contribution in [2.24, 2.45) is 0 Å². The van der Waals surface area contributed by atoms with Crippen molar-refractivity contribution in [1.82, 2.24) is 0 Å². The molecule has 0 bridgehead atoms. The van der Waals surface area contributed by atoms with Crippen LogP contribution in [0.25, 0.3) is 11.1 Å². The Bertz CT molecular complexity index is 876. The molecule has 0 radical (unpaired) electrons. The Morgan fingerprint density at radius 2 is 1.36 bits per heavy atom. The number of benzene rings is 2. The van der Waals surface area contributed by atoms with Crippen LogP contribution in [-0.2, 0) is 6.42 Å². The zero-order valence-corrected chi connectivity index (χ0v) is 17.6. The maximum atomic E-state index is 12.4. The molecule has 2 nitrogen and oxygen atoms in total. The quantitative estimate of drug-likeness (QED) is 0.368. The van der Waals surface area contributed by atoms with Crippen LogP contribution in [0.1, 0.15) is 73.7 Å². The molecule has 0 aromatic heterocycles. The minimum absolute atomic E-state index is 0.00845. The molecule has 0 aliphatic carbocycles. The molecule has 0 saturated carbocycles. The fraction of sp³-hybridized carbons (Fsp3) is 0.308. The molecule has 2 rings (SSSR count). The fourth-order valence-corrected chi connectivity index (χ4v) is 3.28. The maximum Gasteiger partial charge on any atom is 0.160 e. The van der Waals surface area contributed by atoms with Crippen LogP contribution in [-0.4, -0.2) is 11.6 Å². The molecule has 0 unspecified atom stereocenters. The first kappa shape index (κ1) is 21.6. The van der Waals surface area contributed by atoms with E-state index in [-0.39, 0.29) is 11.6 Å². The Morgan fingerprint density at radius 1 is 0.786 bits per heavy atom. The van der Waals surface area contributed by atoms with Crippen LogP contribution in [0.2, 0.25) is 0 Å². The summed E-state index contributed by atoms with van der Waals surface area (Å²) < 4.78 is 0. The van der Waals surface area contributed by atoms with Crippen molar-refractivity contribution in [2.45, 2.75) is 53.9 Å². The van der Waals surface area contributed by atoms with Crippen LogP contribution in [0.5, 0.6) is 0 Å². The lowest BCUT2D eigenvalue weighted by atomic mass is 9.89. The number of carbonyl (C=O) groups excluding carboxylic acids is 2. The summed E-state index contributed by atoms with van der Waals surface area (Å²) in [5, 5.41) is 0. The zero-order chi connectivity index (χ0) is 20.7. The Kier molecular flexibility index (Phi) is 7.69. The number of carbonyl (C=O) groups is 2. The van der Waals surface area contributed by atoms with E-state index in [2.05, 4.69) is 32.9 Å². The largest absolute Gasteiger partial charge is 0.295 e. The van der Waals surface area contributed by atoms with E-state index in [4.69, 9.17) is 0 Å². The van der Waals surface area contributed by atoms with Gasteiger partial charge in [-0.2, -0.15) is 0 Å². The summed E-state index contributed by atoms with van der Waals surface area (Å²) in [4.78, 5) is 24.8. The van der Waals surface area contributed by atoms with Gasteiger partial charge in [-0.1, -0.05) is 53.6 Å². The predicted octanol–water partition coefficient (Wildman–Crippen LogP) is 6.99. The van der Waals surface area contributed by atoms with Crippen molar-refractivity contribution in [3.63, 3.8) is 0 Å². The number of hydrogen-bond donors (Lipinski definition) is 0. The fourth-order valence-electron chi connectivity index (χ4n) is 3.28. The number of rotatable bonds is 8. The van der Waals surface area contributed by atoms with Gasteiger partial charge in [-0.3, -0.25) is 9.59 Å². The van der Waals surface area contributed by atoms with Gasteiger partial charge in [0.15, 0.2) is 11.6 Å². The Labute approximate surface area is 169 Å². The second-order valence-electron chi connectivity index (χ2n) is 7.60. The van der Waals surface area contributed by atoms with Crippen LogP contribution in [0, 0.1) is 0 Å². The summed E-state index contributed by atoms with van der Waals surface area (Å²) >= 11 is 0. The smallest absolute Gasteiger partial charge is 0.160 e. The van der Waals surface area contributed by atoms with Crippen LogP contribution >= 0.6 is 0 Å². The molecule has 0 atom stereocenters. The maximum absolute atomic E-state index is 12.4. The molecular weight excluding hydrogens is 344 g/mol. The van der Waals surface area contributed by atoms with Gasteiger partial charge in [-0.05, 0) is 82.7 Å². The molecule has 0 aliphatic rings. The van der Waals surface area contributed by atoms with Crippen LogP contribution in [0.15, 0.2) is 65.8 Å². The minimum atomic E-state index is -0.00845. The number of ketones is 2. The summed E-state index contributed by atoms with van der Waals surface area (Å²) in [5.41, 5.74) is 6.62. The average Bonchev–Trinajstić information content (AvgIpc) is 2.65. The highest BCUT2D eigenvalue weighted by molar-refractivity contribution is 6.04. The summed E-state index contributed by atoms with van der Waals surface area (Å²) in [7, 11) is 0. The Balaban J connectivity index is 2.43.